The van der Waals surface area contributed by atoms with Crippen molar-refractivity contribution in [1.82, 2.24) is 15.3 Å². The molecule has 0 aliphatic heterocycles. The van der Waals surface area contributed by atoms with Gasteiger partial charge in [-0.1, -0.05) is 48.0 Å². The summed E-state index contributed by atoms with van der Waals surface area (Å²) in [5.74, 6) is 0.810. The molecular weight excluding hydrogens is 360 g/mol. The highest BCUT2D eigenvalue weighted by Gasteiger charge is 2.15. The van der Waals surface area contributed by atoms with Crippen molar-refractivity contribution in [3.8, 4) is 0 Å². The van der Waals surface area contributed by atoms with Crippen LogP contribution >= 0.6 is 11.6 Å². The molecule has 0 fully saturated rings. The van der Waals surface area contributed by atoms with Crippen LogP contribution in [0.25, 0.3) is 0 Å². The fraction of sp³-hybridized carbons (Fsp3) is 0.190. The lowest BCUT2D eigenvalue weighted by Gasteiger charge is -2.15. The van der Waals surface area contributed by atoms with E-state index in [1.165, 1.54) is 0 Å². The van der Waals surface area contributed by atoms with Crippen LogP contribution in [-0.2, 0) is 0 Å². The van der Waals surface area contributed by atoms with Crippen LogP contribution in [0.1, 0.15) is 40.4 Å². The second-order valence-electron chi connectivity index (χ2n) is 6.33. The van der Waals surface area contributed by atoms with Gasteiger partial charge in [-0.25, -0.2) is 9.97 Å². The Morgan fingerprint density at radius 2 is 1.78 bits per heavy atom. The molecule has 0 radical (unpaired) electrons. The number of anilines is 2. The van der Waals surface area contributed by atoms with Crippen LogP contribution in [0.3, 0.4) is 0 Å². The number of amides is 1. The first-order valence-corrected chi connectivity index (χ1v) is 9.05. The van der Waals surface area contributed by atoms with E-state index in [-0.39, 0.29) is 11.9 Å². The molecule has 5 nitrogen and oxygen atoms in total. The molecule has 0 aliphatic carbocycles. The highest BCUT2D eigenvalue weighted by atomic mass is 35.5. The lowest BCUT2D eigenvalue weighted by atomic mass is 10.1. The number of halogens is 1. The van der Waals surface area contributed by atoms with Crippen molar-refractivity contribution in [3.05, 3.63) is 82.3 Å². The number of nitrogens with one attached hydrogen (secondary N) is 2. The van der Waals surface area contributed by atoms with Crippen LogP contribution in [0.4, 0.5) is 11.5 Å². The molecule has 138 valence electrons. The van der Waals surface area contributed by atoms with Crippen LogP contribution in [-0.4, -0.2) is 15.9 Å². The van der Waals surface area contributed by atoms with Gasteiger partial charge in [0.25, 0.3) is 5.91 Å². The minimum Gasteiger partial charge on any atom is -0.344 e. The standard InChI is InChI=1S/C21H21ClN4O/c1-13-17(22)10-7-11-18(13)26-20-12-19(24-15(3)25-20)21(27)23-14(2)16-8-5-4-6-9-16/h4-12,14H,1-3H3,(H,23,27)(H,24,25,26). The summed E-state index contributed by atoms with van der Waals surface area (Å²) in [7, 11) is 0. The number of nitrogens with zero attached hydrogens (tertiary/aromatic N) is 2. The second-order valence-corrected chi connectivity index (χ2v) is 6.74. The summed E-state index contributed by atoms with van der Waals surface area (Å²) in [6.07, 6.45) is 0. The predicted octanol–water partition coefficient (Wildman–Crippen LogP) is 4.98. The third-order valence-corrected chi connectivity index (χ3v) is 4.66. The second kappa shape index (κ2) is 8.18. The Balaban J connectivity index is 1.80. The molecule has 0 aliphatic rings. The first-order valence-electron chi connectivity index (χ1n) is 8.67. The summed E-state index contributed by atoms with van der Waals surface area (Å²) in [6.45, 7) is 5.62. The first kappa shape index (κ1) is 18.9. The van der Waals surface area contributed by atoms with Gasteiger partial charge in [0, 0.05) is 16.8 Å². The fourth-order valence-corrected chi connectivity index (χ4v) is 2.90. The Morgan fingerprint density at radius 1 is 1.04 bits per heavy atom. The maximum Gasteiger partial charge on any atom is 0.270 e. The fourth-order valence-electron chi connectivity index (χ4n) is 2.72. The molecule has 0 spiro atoms. The normalized spacial score (nSPS) is 11.7. The highest BCUT2D eigenvalue weighted by Crippen LogP contribution is 2.25. The molecule has 0 saturated carbocycles. The average Bonchev–Trinajstić information content (AvgIpc) is 2.65. The summed E-state index contributed by atoms with van der Waals surface area (Å²) in [6, 6.07) is 16.9. The molecule has 1 atom stereocenters. The number of hydrogen-bond acceptors (Lipinski definition) is 4. The van der Waals surface area contributed by atoms with Crippen molar-refractivity contribution in [2.75, 3.05) is 5.32 Å². The average molecular weight is 381 g/mol. The topological polar surface area (TPSA) is 66.9 Å². The Morgan fingerprint density at radius 3 is 2.52 bits per heavy atom. The largest absolute Gasteiger partial charge is 0.344 e. The third kappa shape index (κ3) is 4.63. The minimum absolute atomic E-state index is 0.124. The van der Waals surface area contributed by atoms with Gasteiger partial charge in [-0.15, -0.1) is 0 Å². The van der Waals surface area contributed by atoms with Crippen molar-refractivity contribution in [2.24, 2.45) is 0 Å². The zero-order chi connectivity index (χ0) is 19.4. The summed E-state index contributed by atoms with van der Waals surface area (Å²) in [5, 5.41) is 6.86. The van der Waals surface area contributed by atoms with Crippen LogP contribution in [0.2, 0.25) is 5.02 Å². The van der Waals surface area contributed by atoms with E-state index in [0.29, 0.717) is 22.4 Å². The van der Waals surface area contributed by atoms with Gasteiger partial charge >= 0.3 is 0 Å². The molecule has 6 heteroatoms. The van der Waals surface area contributed by atoms with Crippen molar-refractivity contribution in [3.63, 3.8) is 0 Å². The molecule has 1 heterocycles. The van der Waals surface area contributed by atoms with Crippen molar-refractivity contribution in [1.29, 1.82) is 0 Å². The number of rotatable bonds is 5. The van der Waals surface area contributed by atoms with Gasteiger partial charge in [0.15, 0.2) is 0 Å². The Kier molecular flexibility index (Phi) is 5.72. The quantitative estimate of drug-likeness (QED) is 0.655. The Labute approximate surface area is 163 Å². The monoisotopic (exact) mass is 380 g/mol. The maximum atomic E-state index is 12.7. The van der Waals surface area contributed by atoms with Gasteiger partial charge in [-0.05, 0) is 44.0 Å². The molecule has 1 unspecified atom stereocenters. The number of carbonyl (C=O) groups is 1. The van der Waals surface area contributed by atoms with E-state index >= 15 is 0 Å². The van der Waals surface area contributed by atoms with E-state index in [1.807, 2.05) is 62.4 Å². The number of hydrogen-bond donors (Lipinski definition) is 2. The molecule has 1 aromatic heterocycles. The van der Waals surface area contributed by atoms with Crippen molar-refractivity contribution < 1.29 is 4.79 Å². The van der Waals surface area contributed by atoms with Gasteiger partial charge in [-0.3, -0.25) is 4.79 Å². The van der Waals surface area contributed by atoms with Gasteiger partial charge in [-0.2, -0.15) is 0 Å². The molecular formula is C21H21ClN4O. The van der Waals surface area contributed by atoms with Crippen molar-refractivity contribution >= 4 is 29.0 Å². The maximum absolute atomic E-state index is 12.7. The van der Waals surface area contributed by atoms with E-state index in [9.17, 15) is 4.79 Å². The Hall–Kier alpha value is -2.92. The number of benzene rings is 2. The van der Waals surface area contributed by atoms with E-state index in [0.717, 1.165) is 16.8 Å². The van der Waals surface area contributed by atoms with Crippen LogP contribution in [0.5, 0.6) is 0 Å². The van der Waals surface area contributed by atoms with Crippen molar-refractivity contribution in [2.45, 2.75) is 26.8 Å². The predicted molar refractivity (Wildman–Crippen MR) is 109 cm³/mol. The SMILES string of the molecule is Cc1nc(Nc2cccc(Cl)c2C)cc(C(=O)NC(C)c2ccccc2)n1. The van der Waals surface area contributed by atoms with Crippen LogP contribution in [0, 0.1) is 13.8 Å². The van der Waals surface area contributed by atoms with E-state index in [1.54, 1.807) is 13.0 Å². The lowest BCUT2D eigenvalue weighted by molar-refractivity contribution is 0.0934. The lowest BCUT2D eigenvalue weighted by Crippen LogP contribution is -2.27. The molecule has 0 bridgehead atoms. The minimum atomic E-state index is -0.247. The molecule has 0 saturated heterocycles. The highest BCUT2D eigenvalue weighted by molar-refractivity contribution is 6.31. The molecule has 1 amide bonds. The van der Waals surface area contributed by atoms with Gasteiger partial charge < -0.3 is 10.6 Å². The van der Waals surface area contributed by atoms with Gasteiger partial charge in [0.05, 0.1) is 6.04 Å². The molecule has 3 aromatic rings. The molecule has 2 aromatic carbocycles. The smallest absolute Gasteiger partial charge is 0.270 e. The third-order valence-electron chi connectivity index (χ3n) is 4.25. The summed E-state index contributed by atoms with van der Waals surface area (Å²) >= 11 is 6.17. The van der Waals surface area contributed by atoms with Crippen LogP contribution < -0.4 is 10.6 Å². The Bertz CT molecular complexity index is 960. The zero-order valence-corrected chi connectivity index (χ0v) is 16.2. The van der Waals surface area contributed by atoms with Gasteiger partial charge in [0.1, 0.15) is 17.3 Å². The first-order chi connectivity index (χ1) is 12.9. The van der Waals surface area contributed by atoms with Crippen LogP contribution in [0.15, 0.2) is 54.6 Å². The molecule has 2 N–H and O–H groups in total. The zero-order valence-electron chi connectivity index (χ0n) is 15.5. The van der Waals surface area contributed by atoms with E-state index < -0.39 is 0 Å². The molecule has 3 rings (SSSR count). The summed E-state index contributed by atoms with van der Waals surface area (Å²) in [4.78, 5) is 21.3. The number of aromatic nitrogens is 2. The molecule has 27 heavy (non-hydrogen) atoms. The van der Waals surface area contributed by atoms with Gasteiger partial charge in [0.2, 0.25) is 0 Å². The summed E-state index contributed by atoms with van der Waals surface area (Å²) in [5.41, 5.74) is 3.10. The number of aryl methyl sites for hydroxylation is 1. The summed E-state index contributed by atoms with van der Waals surface area (Å²) < 4.78 is 0. The van der Waals surface area contributed by atoms with E-state index in [2.05, 4.69) is 20.6 Å². The number of carbonyl (C=O) groups excluding carboxylic acids is 1. The van der Waals surface area contributed by atoms with E-state index in [4.69, 9.17) is 11.6 Å².